The average Bonchev–Trinajstić information content (AvgIpc) is 2.38. The summed E-state index contributed by atoms with van der Waals surface area (Å²) >= 11 is 0. The van der Waals surface area contributed by atoms with Gasteiger partial charge in [-0.1, -0.05) is 0 Å². The van der Waals surface area contributed by atoms with Crippen molar-refractivity contribution >= 4 is 11.7 Å². The summed E-state index contributed by atoms with van der Waals surface area (Å²) in [4.78, 5) is 19.6. The zero-order valence-corrected chi connectivity index (χ0v) is 10.7. The number of carbonyl (C=O) groups is 1. The Morgan fingerprint density at radius 2 is 2.06 bits per heavy atom. The number of aromatic nitrogens is 1. The van der Waals surface area contributed by atoms with Gasteiger partial charge in [0, 0.05) is 39.3 Å². The van der Waals surface area contributed by atoms with E-state index in [1.165, 1.54) is 0 Å². The Labute approximate surface area is 107 Å². The van der Waals surface area contributed by atoms with Crippen molar-refractivity contribution in [2.45, 2.75) is 13.8 Å². The molecule has 0 radical (unpaired) electrons. The van der Waals surface area contributed by atoms with Crippen LogP contribution in [0.15, 0.2) is 12.3 Å². The number of rotatable bonds is 1. The second-order valence-electron chi connectivity index (χ2n) is 4.47. The first-order valence-electron chi connectivity index (χ1n) is 5.99. The van der Waals surface area contributed by atoms with Crippen molar-refractivity contribution in [3.63, 3.8) is 0 Å². The van der Waals surface area contributed by atoms with Crippen LogP contribution in [-0.4, -0.2) is 42.0 Å². The van der Waals surface area contributed by atoms with E-state index in [2.05, 4.69) is 16.0 Å². The number of nitrogens with zero attached hydrogens (tertiary/aromatic N) is 4. The number of aryl methyl sites for hydroxylation is 1. The van der Waals surface area contributed by atoms with Gasteiger partial charge in [0.15, 0.2) is 0 Å². The van der Waals surface area contributed by atoms with E-state index in [-0.39, 0.29) is 5.91 Å². The van der Waals surface area contributed by atoms with Gasteiger partial charge in [-0.15, -0.1) is 0 Å². The lowest BCUT2D eigenvalue weighted by Gasteiger charge is -2.35. The summed E-state index contributed by atoms with van der Waals surface area (Å²) in [6, 6.07) is 3.93. The number of hydrogen-bond donors (Lipinski definition) is 0. The van der Waals surface area contributed by atoms with Crippen molar-refractivity contribution in [2.75, 3.05) is 31.1 Å². The molecule has 2 rings (SSSR count). The molecule has 94 valence electrons. The van der Waals surface area contributed by atoms with Gasteiger partial charge in [-0.05, 0) is 18.6 Å². The quantitative estimate of drug-likeness (QED) is 0.737. The third-order valence-electron chi connectivity index (χ3n) is 3.20. The van der Waals surface area contributed by atoms with Crippen molar-refractivity contribution in [3.05, 3.63) is 23.4 Å². The van der Waals surface area contributed by atoms with Crippen LogP contribution in [0.2, 0.25) is 0 Å². The van der Waals surface area contributed by atoms with Gasteiger partial charge < -0.3 is 9.80 Å². The number of piperazine rings is 1. The van der Waals surface area contributed by atoms with Crippen LogP contribution >= 0.6 is 0 Å². The van der Waals surface area contributed by atoms with E-state index in [0.717, 1.165) is 37.6 Å². The molecule has 18 heavy (non-hydrogen) atoms. The Morgan fingerprint density at radius 3 is 2.56 bits per heavy atom. The normalized spacial score (nSPS) is 15.4. The van der Waals surface area contributed by atoms with Crippen molar-refractivity contribution in [1.29, 1.82) is 5.26 Å². The highest BCUT2D eigenvalue weighted by Crippen LogP contribution is 2.19. The van der Waals surface area contributed by atoms with Gasteiger partial charge in [0.25, 0.3) is 0 Å². The van der Waals surface area contributed by atoms with E-state index in [1.807, 2.05) is 17.9 Å². The van der Waals surface area contributed by atoms with Crippen molar-refractivity contribution in [1.82, 2.24) is 9.88 Å². The van der Waals surface area contributed by atoms with Crippen LogP contribution in [0.25, 0.3) is 0 Å². The highest BCUT2D eigenvalue weighted by atomic mass is 16.2. The lowest BCUT2D eigenvalue weighted by Crippen LogP contribution is -2.48. The largest absolute Gasteiger partial charge is 0.353 e. The fourth-order valence-electron chi connectivity index (χ4n) is 2.19. The van der Waals surface area contributed by atoms with E-state index >= 15 is 0 Å². The van der Waals surface area contributed by atoms with E-state index in [0.29, 0.717) is 5.56 Å². The molecule has 5 nitrogen and oxygen atoms in total. The molecule has 0 aromatic carbocycles. The minimum atomic E-state index is 0.124. The van der Waals surface area contributed by atoms with E-state index in [1.54, 1.807) is 13.1 Å². The molecule has 2 heterocycles. The monoisotopic (exact) mass is 244 g/mol. The Morgan fingerprint density at radius 1 is 1.39 bits per heavy atom. The highest BCUT2D eigenvalue weighted by Gasteiger charge is 2.20. The highest BCUT2D eigenvalue weighted by molar-refractivity contribution is 5.73. The molecule has 0 unspecified atom stereocenters. The Hall–Kier alpha value is -2.09. The molecular weight excluding hydrogens is 228 g/mol. The summed E-state index contributed by atoms with van der Waals surface area (Å²) in [5.74, 6) is 1.04. The Bertz CT molecular complexity index is 498. The molecule has 1 aromatic rings. The third-order valence-corrected chi connectivity index (χ3v) is 3.20. The number of anilines is 1. The number of carbonyl (C=O) groups excluding carboxylic acids is 1. The van der Waals surface area contributed by atoms with E-state index < -0.39 is 0 Å². The standard InChI is InChI=1S/C13H16N4O/c1-10-7-12(8-14)9-15-13(10)17-5-3-16(4-6-17)11(2)18/h7,9H,3-6H2,1-2H3. The Balaban J connectivity index is 2.10. The minimum absolute atomic E-state index is 0.124. The lowest BCUT2D eigenvalue weighted by atomic mass is 10.2. The minimum Gasteiger partial charge on any atom is -0.353 e. The van der Waals surface area contributed by atoms with Gasteiger partial charge in [0.2, 0.25) is 5.91 Å². The molecule has 0 N–H and O–H groups in total. The molecule has 1 fully saturated rings. The predicted octanol–water partition coefficient (Wildman–Crippen LogP) is 0.930. The summed E-state index contributed by atoms with van der Waals surface area (Å²) in [6.45, 7) is 6.60. The van der Waals surface area contributed by atoms with Crippen LogP contribution in [0.5, 0.6) is 0 Å². The first-order chi connectivity index (χ1) is 8.61. The van der Waals surface area contributed by atoms with Gasteiger partial charge in [-0.25, -0.2) is 4.98 Å². The first kappa shape index (κ1) is 12.4. The van der Waals surface area contributed by atoms with Crippen molar-refractivity contribution in [2.24, 2.45) is 0 Å². The summed E-state index contributed by atoms with van der Waals surface area (Å²) in [7, 11) is 0. The van der Waals surface area contributed by atoms with Crippen LogP contribution in [0.4, 0.5) is 5.82 Å². The molecule has 0 atom stereocenters. The molecule has 0 spiro atoms. The molecule has 5 heteroatoms. The van der Waals surface area contributed by atoms with E-state index in [9.17, 15) is 4.79 Å². The number of amides is 1. The fourth-order valence-corrected chi connectivity index (χ4v) is 2.19. The first-order valence-corrected chi connectivity index (χ1v) is 5.99. The smallest absolute Gasteiger partial charge is 0.219 e. The summed E-state index contributed by atoms with van der Waals surface area (Å²) in [6.07, 6.45) is 1.60. The van der Waals surface area contributed by atoms with Crippen molar-refractivity contribution < 1.29 is 4.79 Å². The van der Waals surface area contributed by atoms with Crippen LogP contribution in [-0.2, 0) is 4.79 Å². The van der Waals surface area contributed by atoms with Gasteiger partial charge in [-0.3, -0.25) is 4.79 Å². The van der Waals surface area contributed by atoms with Crippen LogP contribution in [0.3, 0.4) is 0 Å². The fraction of sp³-hybridized carbons (Fsp3) is 0.462. The van der Waals surface area contributed by atoms with Gasteiger partial charge in [0.1, 0.15) is 11.9 Å². The van der Waals surface area contributed by atoms with Crippen molar-refractivity contribution in [3.8, 4) is 6.07 Å². The van der Waals surface area contributed by atoms with Gasteiger partial charge in [-0.2, -0.15) is 5.26 Å². The second kappa shape index (κ2) is 5.05. The van der Waals surface area contributed by atoms with Gasteiger partial charge in [0.05, 0.1) is 5.56 Å². The zero-order chi connectivity index (χ0) is 13.1. The lowest BCUT2D eigenvalue weighted by molar-refractivity contribution is -0.129. The number of hydrogen-bond acceptors (Lipinski definition) is 4. The zero-order valence-electron chi connectivity index (χ0n) is 10.7. The molecule has 0 saturated carbocycles. The number of pyridine rings is 1. The third kappa shape index (κ3) is 2.43. The molecule has 1 amide bonds. The summed E-state index contributed by atoms with van der Waals surface area (Å²) in [5, 5.41) is 8.81. The molecule has 1 saturated heterocycles. The Kier molecular flexibility index (Phi) is 3.47. The molecule has 1 aliphatic heterocycles. The average molecular weight is 244 g/mol. The topological polar surface area (TPSA) is 60.2 Å². The van der Waals surface area contributed by atoms with Crippen LogP contribution in [0, 0.1) is 18.3 Å². The second-order valence-corrected chi connectivity index (χ2v) is 4.47. The molecule has 0 aliphatic carbocycles. The van der Waals surface area contributed by atoms with Crippen LogP contribution < -0.4 is 4.90 Å². The maximum Gasteiger partial charge on any atom is 0.219 e. The maximum absolute atomic E-state index is 11.2. The maximum atomic E-state index is 11.2. The molecule has 1 aromatic heterocycles. The molecule has 1 aliphatic rings. The molecule has 0 bridgehead atoms. The molecular formula is C13H16N4O. The predicted molar refractivity (Wildman–Crippen MR) is 68.2 cm³/mol. The van der Waals surface area contributed by atoms with Crippen LogP contribution in [0.1, 0.15) is 18.1 Å². The van der Waals surface area contributed by atoms with E-state index in [4.69, 9.17) is 5.26 Å². The van der Waals surface area contributed by atoms with Gasteiger partial charge >= 0.3 is 0 Å². The number of nitriles is 1. The summed E-state index contributed by atoms with van der Waals surface area (Å²) in [5.41, 5.74) is 1.59. The SMILES string of the molecule is CC(=O)N1CCN(c2ncc(C#N)cc2C)CC1. The summed E-state index contributed by atoms with van der Waals surface area (Å²) < 4.78 is 0.